The quantitative estimate of drug-likeness (QED) is 0.845. The number of H-pyrrole nitrogens is 1. The molecule has 16 heavy (non-hydrogen) atoms. The molecule has 0 saturated carbocycles. The number of pyridine rings is 1. The molecule has 0 aliphatic rings. The molecule has 0 saturated heterocycles. The average molecular weight is 284 g/mol. The minimum absolute atomic E-state index is 0.382. The normalized spacial score (nSPS) is 10.4. The van der Waals surface area contributed by atoms with Crippen LogP contribution in [-0.4, -0.2) is 10.1 Å². The standard InChI is InChI=1S/C11H7BrFNO2/c12-8-5-9(15)11(16)14-10(8)6-2-1-3-7(13)4-6/h1-5,15H,(H,14,16). The Labute approximate surface area is 98.7 Å². The molecule has 1 aromatic carbocycles. The number of hydrogen-bond acceptors (Lipinski definition) is 2. The number of rotatable bonds is 1. The molecule has 0 radical (unpaired) electrons. The molecule has 0 aliphatic heterocycles. The summed E-state index contributed by atoms with van der Waals surface area (Å²) < 4.78 is 13.5. The van der Waals surface area contributed by atoms with Crippen molar-refractivity contribution in [1.29, 1.82) is 0 Å². The third-order valence-electron chi connectivity index (χ3n) is 2.09. The van der Waals surface area contributed by atoms with E-state index in [0.29, 0.717) is 15.7 Å². The minimum atomic E-state index is -0.609. The molecular formula is C11H7BrFNO2. The van der Waals surface area contributed by atoms with Gasteiger partial charge in [0.25, 0.3) is 5.56 Å². The van der Waals surface area contributed by atoms with Crippen molar-refractivity contribution in [1.82, 2.24) is 4.98 Å². The summed E-state index contributed by atoms with van der Waals surface area (Å²) in [6.45, 7) is 0. The van der Waals surface area contributed by atoms with E-state index in [0.717, 1.165) is 0 Å². The van der Waals surface area contributed by atoms with Crippen molar-refractivity contribution >= 4 is 15.9 Å². The monoisotopic (exact) mass is 283 g/mol. The Morgan fingerprint density at radius 3 is 2.75 bits per heavy atom. The van der Waals surface area contributed by atoms with Crippen LogP contribution in [0, 0.1) is 5.82 Å². The first-order valence-corrected chi connectivity index (χ1v) is 5.25. The van der Waals surface area contributed by atoms with Gasteiger partial charge in [-0.25, -0.2) is 4.39 Å². The lowest BCUT2D eigenvalue weighted by atomic mass is 10.1. The van der Waals surface area contributed by atoms with Crippen LogP contribution in [0.15, 0.2) is 39.6 Å². The summed E-state index contributed by atoms with van der Waals surface area (Å²) in [5, 5.41) is 9.18. The summed E-state index contributed by atoms with van der Waals surface area (Å²) in [5.74, 6) is -0.773. The number of halogens is 2. The van der Waals surface area contributed by atoms with Crippen LogP contribution in [0.3, 0.4) is 0 Å². The smallest absolute Gasteiger partial charge is 0.290 e. The molecule has 2 N–H and O–H groups in total. The van der Waals surface area contributed by atoms with Gasteiger partial charge in [-0.3, -0.25) is 4.79 Å². The molecule has 0 aliphatic carbocycles. The van der Waals surface area contributed by atoms with Gasteiger partial charge in [0.1, 0.15) is 5.82 Å². The fraction of sp³-hybridized carbons (Fsp3) is 0. The van der Waals surface area contributed by atoms with Crippen molar-refractivity contribution in [3.05, 3.63) is 51.0 Å². The van der Waals surface area contributed by atoms with Gasteiger partial charge in [-0.05, 0) is 28.1 Å². The van der Waals surface area contributed by atoms with Crippen LogP contribution in [0.1, 0.15) is 0 Å². The van der Waals surface area contributed by atoms with Crippen LogP contribution in [0.4, 0.5) is 4.39 Å². The first kappa shape index (κ1) is 10.9. The van der Waals surface area contributed by atoms with E-state index < -0.39 is 11.4 Å². The Kier molecular flexibility index (Phi) is 2.78. The molecule has 2 rings (SSSR count). The third kappa shape index (κ3) is 1.99. The van der Waals surface area contributed by atoms with Gasteiger partial charge in [-0.1, -0.05) is 12.1 Å². The molecule has 2 aromatic rings. The molecule has 0 unspecified atom stereocenters. The summed E-state index contributed by atoms with van der Waals surface area (Å²) in [7, 11) is 0. The van der Waals surface area contributed by atoms with Gasteiger partial charge in [-0.2, -0.15) is 0 Å². The van der Waals surface area contributed by atoms with E-state index in [4.69, 9.17) is 0 Å². The Hall–Kier alpha value is -1.62. The number of hydrogen-bond donors (Lipinski definition) is 2. The number of nitrogens with one attached hydrogen (secondary N) is 1. The van der Waals surface area contributed by atoms with E-state index in [1.165, 1.54) is 18.2 Å². The highest BCUT2D eigenvalue weighted by molar-refractivity contribution is 9.10. The highest BCUT2D eigenvalue weighted by atomic mass is 79.9. The highest BCUT2D eigenvalue weighted by Gasteiger charge is 2.08. The first-order chi connectivity index (χ1) is 7.58. The Balaban J connectivity index is 2.65. The largest absolute Gasteiger partial charge is 0.503 e. The predicted molar refractivity (Wildman–Crippen MR) is 61.8 cm³/mol. The van der Waals surface area contributed by atoms with Crippen LogP contribution in [-0.2, 0) is 0 Å². The molecule has 1 heterocycles. The summed E-state index contributed by atoms with van der Waals surface area (Å²) >= 11 is 3.19. The maximum atomic E-state index is 13.0. The molecule has 0 bridgehead atoms. The van der Waals surface area contributed by atoms with Gasteiger partial charge in [0, 0.05) is 16.1 Å². The molecule has 5 heteroatoms. The lowest BCUT2D eigenvalue weighted by Gasteiger charge is -2.04. The topological polar surface area (TPSA) is 53.1 Å². The van der Waals surface area contributed by atoms with E-state index in [9.17, 15) is 14.3 Å². The molecule has 82 valence electrons. The van der Waals surface area contributed by atoms with Gasteiger partial charge in [-0.15, -0.1) is 0 Å². The number of aromatic amines is 1. The fourth-order valence-corrected chi connectivity index (χ4v) is 1.89. The molecule has 1 aromatic heterocycles. The maximum absolute atomic E-state index is 13.0. The summed E-state index contributed by atoms with van der Waals surface area (Å²) in [5.41, 5.74) is 0.355. The number of aromatic hydroxyl groups is 1. The lowest BCUT2D eigenvalue weighted by Crippen LogP contribution is -2.06. The van der Waals surface area contributed by atoms with Crippen molar-refractivity contribution in [2.45, 2.75) is 0 Å². The molecule has 0 atom stereocenters. The van der Waals surface area contributed by atoms with Crippen molar-refractivity contribution in [2.75, 3.05) is 0 Å². The van der Waals surface area contributed by atoms with Crippen LogP contribution < -0.4 is 5.56 Å². The fourth-order valence-electron chi connectivity index (χ4n) is 1.35. The molecule has 0 amide bonds. The first-order valence-electron chi connectivity index (χ1n) is 4.45. The van der Waals surface area contributed by atoms with Crippen molar-refractivity contribution in [2.24, 2.45) is 0 Å². The molecule has 3 nitrogen and oxygen atoms in total. The van der Waals surface area contributed by atoms with Crippen LogP contribution in [0.25, 0.3) is 11.3 Å². The average Bonchev–Trinajstić information content (AvgIpc) is 2.23. The zero-order chi connectivity index (χ0) is 11.7. The SMILES string of the molecule is O=c1[nH]c(-c2cccc(F)c2)c(Br)cc1O. The Bertz CT molecular complexity index is 595. The van der Waals surface area contributed by atoms with Gasteiger partial charge in [0.05, 0.1) is 5.69 Å². The maximum Gasteiger partial charge on any atom is 0.290 e. The van der Waals surface area contributed by atoms with Crippen molar-refractivity contribution in [3.8, 4) is 17.0 Å². The van der Waals surface area contributed by atoms with Gasteiger partial charge >= 0.3 is 0 Å². The second kappa shape index (κ2) is 4.09. The summed E-state index contributed by atoms with van der Waals surface area (Å²) in [6.07, 6.45) is 0. The van der Waals surface area contributed by atoms with Crippen LogP contribution in [0.2, 0.25) is 0 Å². The Morgan fingerprint density at radius 1 is 1.31 bits per heavy atom. The predicted octanol–water partition coefficient (Wildman–Crippen LogP) is 2.65. The zero-order valence-electron chi connectivity index (χ0n) is 8.00. The molecule has 0 fully saturated rings. The second-order valence-electron chi connectivity index (χ2n) is 3.22. The van der Waals surface area contributed by atoms with Crippen LogP contribution >= 0.6 is 15.9 Å². The van der Waals surface area contributed by atoms with E-state index in [2.05, 4.69) is 20.9 Å². The zero-order valence-corrected chi connectivity index (χ0v) is 9.58. The Morgan fingerprint density at radius 2 is 2.06 bits per heavy atom. The minimum Gasteiger partial charge on any atom is -0.503 e. The van der Waals surface area contributed by atoms with E-state index in [1.807, 2.05) is 0 Å². The van der Waals surface area contributed by atoms with E-state index >= 15 is 0 Å². The van der Waals surface area contributed by atoms with E-state index in [1.54, 1.807) is 12.1 Å². The number of benzene rings is 1. The molecular weight excluding hydrogens is 277 g/mol. The van der Waals surface area contributed by atoms with E-state index in [-0.39, 0.29) is 5.75 Å². The third-order valence-corrected chi connectivity index (χ3v) is 2.71. The summed E-state index contributed by atoms with van der Waals surface area (Å²) in [4.78, 5) is 13.7. The summed E-state index contributed by atoms with van der Waals surface area (Å²) in [6, 6.07) is 7.10. The van der Waals surface area contributed by atoms with Crippen LogP contribution in [0.5, 0.6) is 5.75 Å². The van der Waals surface area contributed by atoms with Gasteiger partial charge < -0.3 is 10.1 Å². The van der Waals surface area contributed by atoms with Crippen molar-refractivity contribution in [3.63, 3.8) is 0 Å². The second-order valence-corrected chi connectivity index (χ2v) is 4.07. The van der Waals surface area contributed by atoms with Gasteiger partial charge in [0.2, 0.25) is 0 Å². The lowest BCUT2D eigenvalue weighted by molar-refractivity contribution is 0.466. The highest BCUT2D eigenvalue weighted by Crippen LogP contribution is 2.27. The van der Waals surface area contributed by atoms with Gasteiger partial charge in [0.15, 0.2) is 5.75 Å². The molecule has 0 spiro atoms. The number of aromatic nitrogens is 1. The van der Waals surface area contributed by atoms with Crippen molar-refractivity contribution < 1.29 is 9.50 Å².